The predicted octanol–water partition coefficient (Wildman–Crippen LogP) is 3.20. The van der Waals surface area contributed by atoms with Crippen LogP contribution in [0.3, 0.4) is 0 Å². The molecular weight excluding hydrogens is 266 g/mol. The highest BCUT2D eigenvalue weighted by Gasteiger charge is 2.15. The van der Waals surface area contributed by atoms with E-state index in [0.717, 1.165) is 35.0 Å². The average molecular weight is 289 g/mol. The molecule has 1 aromatic rings. The van der Waals surface area contributed by atoms with Crippen molar-refractivity contribution < 1.29 is 0 Å². The molecule has 0 aliphatic carbocycles. The number of anilines is 1. The van der Waals surface area contributed by atoms with Gasteiger partial charge in [0, 0.05) is 25.0 Å². The van der Waals surface area contributed by atoms with E-state index in [1.807, 2.05) is 6.07 Å². The van der Waals surface area contributed by atoms with Crippen LogP contribution in [-0.2, 0) is 0 Å². The number of thioether (sulfide) groups is 1. The molecule has 1 aliphatic heterocycles. The van der Waals surface area contributed by atoms with E-state index < -0.39 is 0 Å². The second-order valence-electron chi connectivity index (χ2n) is 5.17. The number of benzene rings is 1. The topological polar surface area (TPSA) is 30.3 Å². The van der Waals surface area contributed by atoms with Crippen LogP contribution in [0.15, 0.2) is 23.1 Å². The second kappa shape index (κ2) is 7.56. The van der Waals surface area contributed by atoms with Crippen molar-refractivity contribution in [1.82, 2.24) is 4.90 Å². The van der Waals surface area contributed by atoms with E-state index in [2.05, 4.69) is 42.0 Å². The highest BCUT2D eigenvalue weighted by atomic mass is 32.2. The molecule has 1 aromatic carbocycles. The van der Waals surface area contributed by atoms with Crippen LogP contribution >= 0.6 is 11.8 Å². The lowest BCUT2D eigenvalue weighted by atomic mass is 10.2. The van der Waals surface area contributed by atoms with Gasteiger partial charge in [0.15, 0.2) is 0 Å². The van der Waals surface area contributed by atoms with E-state index in [4.69, 9.17) is 0 Å². The van der Waals surface area contributed by atoms with Crippen LogP contribution < -0.4 is 4.90 Å². The molecule has 1 aliphatic rings. The van der Waals surface area contributed by atoms with Crippen LogP contribution in [0.5, 0.6) is 0 Å². The highest BCUT2D eigenvalue weighted by Crippen LogP contribution is 2.29. The van der Waals surface area contributed by atoms with Crippen LogP contribution in [0.4, 0.5) is 5.69 Å². The van der Waals surface area contributed by atoms with Crippen molar-refractivity contribution in [3.8, 4) is 6.07 Å². The molecule has 0 amide bonds. The fourth-order valence-corrected chi connectivity index (χ4v) is 3.42. The maximum absolute atomic E-state index is 9.45. The Bertz CT molecular complexity index is 475. The maximum Gasteiger partial charge on any atom is 0.103 e. The number of hydrogen-bond acceptors (Lipinski definition) is 4. The first-order valence-corrected chi connectivity index (χ1v) is 8.34. The normalized spacial score (nSPS) is 15.2. The van der Waals surface area contributed by atoms with Gasteiger partial charge in [0.25, 0.3) is 0 Å². The third-order valence-electron chi connectivity index (χ3n) is 3.78. The minimum atomic E-state index is 0.822. The van der Waals surface area contributed by atoms with Gasteiger partial charge >= 0.3 is 0 Å². The summed E-state index contributed by atoms with van der Waals surface area (Å²) in [6, 6.07) is 8.54. The molecule has 0 aromatic heterocycles. The Labute approximate surface area is 126 Å². The molecule has 0 bridgehead atoms. The summed E-state index contributed by atoms with van der Waals surface area (Å²) < 4.78 is 0. The number of nitriles is 1. The SMILES string of the molecule is CCSc1cccc(N(C)CCN2CCCC2)c1C#N. The number of hydrogen-bond donors (Lipinski definition) is 0. The average Bonchev–Trinajstić information content (AvgIpc) is 2.98. The van der Waals surface area contributed by atoms with Crippen molar-refractivity contribution in [1.29, 1.82) is 5.26 Å². The van der Waals surface area contributed by atoms with Crippen molar-refractivity contribution >= 4 is 17.4 Å². The number of rotatable bonds is 6. The predicted molar refractivity (Wildman–Crippen MR) is 86.5 cm³/mol. The lowest BCUT2D eigenvalue weighted by Crippen LogP contribution is -2.31. The fraction of sp³-hybridized carbons (Fsp3) is 0.562. The van der Waals surface area contributed by atoms with Gasteiger partial charge in [-0.25, -0.2) is 0 Å². The molecule has 0 atom stereocenters. The summed E-state index contributed by atoms with van der Waals surface area (Å²) >= 11 is 1.74. The quantitative estimate of drug-likeness (QED) is 0.752. The molecule has 1 heterocycles. The van der Waals surface area contributed by atoms with Crippen LogP contribution in [0.1, 0.15) is 25.3 Å². The van der Waals surface area contributed by atoms with Gasteiger partial charge in [0.1, 0.15) is 6.07 Å². The van der Waals surface area contributed by atoms with Gasteiger partial charge in [-0.05, 0) is 43.8 Å². The molecule has 0 N–H and O–H groups in total. The first-order valence-electron chi connectivity index (χ1n) is 7.35. The van der Waals surface area contributed by atoms with E-state index in [-0.39, 0.29) is 0 Å². The van der Waals surface area contributed by atoms with Crippen molar-refractivity contribution in [3.05, 3.63) is 23.8 Å². The standard InChI is InChI=1S/C16H23N3S/c1-3-20-16-8-6-7-15(14(16)13-17)18(2)11-12-19-9-4-5-10-19/h6-8H,3-5,9-12H2,1-2H3. The third-order valence-corrected chi connectivity index (χ3v) is 4.72. The summed E-state index contributed by atoms with van der Waals surface area (Å²) in [5.74, 6) is 0.996. The number of nitrogens with zero attached hydrogens (tertiary/aromatic N) is 3. The summed E-state index contributed by atoms with van der Waals surface area (Å²) in [5.41, 5.74) is 1.88. The second-order valence-corrected chi connectivity index (χ2v) is 6.47. The zero-order valence-corrected chi connectivity index (χ0v) is 13.2. The van der Waals surface area contributed by atoms with E-state index >= 15 is 0 Å². The Morgan fingerprint density at radius 3 is 2.75 bits per heavy atom. The van der Waals surface area contributed by atoms with Gasteiger partial charge in [0.05, 0.1) is 11.3 Å². The summed E-state index contributed by atoms with van der Waals surface area (Å²) in [5, 5.41) is 9.45. The summed E-state index contributed by atoms with van der Waals surface area (Å²) in [4.78, 5) is 5.82. The Kier molecular flexibility index (Phi) is 5.75. The molecule has 108 valence electrons. The molecule has 1 fully saturated rings. The zero-order valence-electron chi connectivity index (χ0n) is 12.4. The monoisotopic (exact) mass is 289 g/mol. The molecule has 0 spiro atoms. The van der Waals surface area contributed by atoms with Gasteiger partial charge in [0.2, 0.25) is 0 Å². The van der Waals surface area contributed by atoms with Crippen LogP contribution in [0.25, 0.3) is 0 Å². The van der Waals surface area contributed by atoms with Gasteiger partial charge < -0.3 is 9.80 Å². The van der Waals surface area contributed by atoms with Gasteiger partial charge in [-0.1, -0.05) is 13.0 Å². The van der Waals surface area contributed by atoms with Crippen molar-refractivity contribution in [2.75, 3.05) is 43.9 Å². The van der Waals surface area contributed by atoms with Crippen molar-refractivity contribution in [2.45, 2.75) is 24.7 Å². The first kappa shape index (κ1) is 15.2. The van der Waals surface area contributed by atoms with Crippen LogP contribution in [-0.4, -0.2) is 43.9 Å². The molecule has 2 rings (SSSR count). The smallest absolute Gasteiger partial charge is 0.103 e. The Hall–Kier alpha value is -1.18. The molecule has 4 heteroatoms. The van der Waals surface area contributed by atoms with Crippen LogP contribution in [0, 0.1) is 11.3 Å². The third kappa shape index (κ3) is 3.68. The molecular formula is C16H23N3S. The van der Waals surface area contributed by atoms with Gasteiger partial charge in [-0.15, -0.1) is 11.8 Å². The number of likely N-dealkylation sites (N-methyl/N-ethyl adjacent to an activating group) is 1. The van der Waals surface area contributed by atoms with E-state index in [9.17, 15) is 5.26 Å². The molecule has 20 heavy (non-hydrogen) atoms. The van der Waals surface area contributed by atoms with Crippen molar-refractivity contribution in [2.24, 2.45) is 0 Å². The molecule has 0 saturated carbocycles. The fourth-order valence-electron chi connectivity index (χ4n) is 2.64. The first-order chi connectivity index (χ1) is 9.76. The number of likely N-dealkylation sites (tertiary alicyclic amines) is 1. The summed E-state index contributed by atoms with van der Waals surface area (Å²) in [6.45, 7) is 6.65. The Morgan fingerprint density at radius 1 is 1.35 bits per heavy atom. The van der Waals surface area contributed by atoms with E-state index in [0.29, 0.717) is 0 Å². The largest absolute Gasteiger partial charge is 0.372 e. The Balaban J connectivity index is 2.06. The lowest BCUT2D eigenvalue weighted by Gasteiger charge is -2.24. The highest BCUT2D eigenvalue weighted by molar-refractivity contribution is 7.99. The van der Waals surface area contributed by atoms with E-state index in [1.54, 1.807) is 11.8 Å². The molecule has 0 unspecified atom stereocenters. The minimum absolute atomic E-state index is 0.822. The summed E-state index contributed by atoms with van der Waals surface area (Å²) in [7, 11) is 2.09. The minimum Gasteiger partial charge on any atom is -0.372 e. The summed E-state index contributed by atoms with van der Waals surface area (Å²) in [6.07, 6.45) is 2.66. The molecule has 3 nitrogen and oxygen atoms in total. The van der Waals surface area contributed by atoms with E-state index in [1.165, 1.54) is 25.9 Å². The zero-order chi connectivity index (χ0) is 14.4. The van der Waals surface area contributed by atoms with Crippen molar-refractivity contribution in [3.63, 3.8) is 0 Å². The Morgan fingerprint density at radius 2 is 2.10 bits per heavy atom. The molecule has 1 saturated heterocycles. The van der Waals surface area contributed by atoms with Crippen LogP contribution in [0.2, 0.25) is 0 Å². The van der Waals surface area contributed by atoms with Gasteiger partial charge in [-0.2, -0.15) is 5.26 Å². The maximum atomic E-state index is 9.45. The van der Waals surface area contributed by atoms with Gasteiger partial charge in [-0.3, -0.25) is 0 Å². The lowest BCUT2D eigenvalue weighted by molar-refractivity contribution is 0.346. The molecule has 0 radical (unpaired) electrons.